The molecule has 21 heavy (non-hydrogen) atoms. The predicted molar refractivity (Wildman–Crippen MR) is 63.1 cm³/mol. The number of halogens is 5. The average molecular weight is 312 g/mol. The molecule has 0 aliphatic rings. The molecule has 0 spiro atoms. The SMILES string of the molecule is NCCOCCCNC(=O)c1c(F)c(F)c(F)c(F)c1F. The van der Waals surface area contributed by atoms with Gasteiger partial charge in [0, 0.05) is 19.7 Å². The van der Waals surface area contributed by atoms with Gasteiger partial charge in [0.15, 0.2) is 23.3 Å². The molecule has 9 heteroatoms. The molecule has 4 nitrogen and oxygen atoms in total. The zero-order chi connectivity index (χ0) is 16.0. The van der Waals surface area contributed by atoms with E-state index in [0.717, 1.165) is 0 Å². The Bertz CT molecular complexity index is 496. The first-order valence-electron chi connectivity index (χ1n) is 5.99. The molecule has 1 amide bonds. The third kappa shape index (κ3) is 4.11. The molecule has 0 saturated heterocycles. The molecular weight excluding hydrogens is 299 g/mol. The molecule has 1 aromatic carbocycles. The molecule has 0 atom stereocenters. The Morgan fingerprint density at radius 1 is 0.952 bits per heavy atom. The minimum Gasteiger partial charge on any atom is -0.380 e. The highest BCUT2D eigenvalue weighted by Crippen LogP contribution is 2.22. The molecule has 1 aromatic rings. The lowest BCUT2D eigenvalue weighted by Gasteiger charge is -2.09. The van der Waals surface area contributed by atoms with Crippen molar-refractivity contribution in [3.63, 3.8) is 0 Å². The number of ether oxygens (including phenoxy) is 1. The summed E-state index contributed by atoms with van der Waals surface area (Å²) in [5.41, 5.74) is 3.66. The van der Waals surface area contributed by atoms with Crippen molar-refractivity contribution in [1.82, 2.24) is 5.32 Å². The summed E-state index contributed by atoms with van der Waals surface area (Å²) in [4.78, 5) is 11.5. The number of carbonyl (C=O) groups is 1. The van der Waals surface area contributed by atoms with Crippen LogP contribution in [-0.4, -0.2) is 32.2 Å². The second-order valence-electron chi connectivity index (χ2n) is 3.96. The standard InChI is InChI=1S/C12H13F5N2O2/c13-7-6(8(14)10(16)11(17)9(7)15)12(20)19-3-1-4-21-5-2-18/h1-5,18H2,(H,19,20). The van der Waals surface area contributed by atoms with Crippen molar-refractivity contribution in [2.45, 2.75) is 6.42 Å². The van der Waals surface area contributed by atoms with E-state index in [-0.39, 0.29) is 13.2 Å². The van der Waals surface area contributed by atoms with Gasteiger partial charge in [0.05, 0.1) is 6.61 Å². The monoisotopic (exact) mass is 312 g/mol. The van der Waals surface area contributed by atoms with E-state index in [4.69, 9.17) is 10.5 Å². The summed E-state index contributed by atoms with van der Waals surface area (Å²) in [6.07, 6.45) is 0.293. The van der Waals surface area contributed by atoms with Gasteiger partial charge in [-0.3, -0.25) is 4.79 Å². The van der Waals surface area contributed by atoms with E-state index >= 15 is 0 Å². The van der Waals surface area contributed by atoms with Gasteiger partial charge < -0.3 is 15.8 Å². The third-order valence-electron chi connectivity index (χ3n) is 2.45. The first-order chi connectivity index (χ1) is 9.91. The predicted octanol–water partition coefficient (Wildman–Crippen LogP) is 1.48. The fraction of sp³-hybridized carbons (Fsp3) is 0.417. The van der Waals surface area contributed by atoms with E-state index in [1.807, 2.05) is 5.32 Å². The molecule has 0 radical (unpaired) electrons. The third-order valence-corrected chi connectivity index (χ3v) is 2.45. The largest absolute Gasteiger partial charge is 0.380 e. The Kier molecular flexibility index (Phi) is 6.50. The fourth-order valence-corrected chi connectivity index (χ4v) is 1.45. The van der Waals surface area contributed by atoms with Gasteiger partial charge in [0.25, 0.3) is 5.91 Å². The normalized spacial score (nSPS) is 10.8. The van der Waals surface area contributed by atoms with Crippen molar-refractivity contribution in [3.8, 4) is 0 Å². The van der Waals surface area contributed by atoms with Crippen LogP contribution in [0.4, 0.5) is 22.0 Å². The molecule has 0 aromatic heterocycles. The highest BCUT2D eigenvalue weighted by atomic mass is 19.2. The van der Waals surface area contributed by atoms with Crippen LogP contribution in [0.15, 0.2) is 0 Å². The Morgan fingerprint density at radius 3 is 2.00 bits per heavy atom. The molecule has 0 unspecified atom stereocenters. The summed E-state index contributed by atoms with van der Waals surface area (Å²) in [5.74, 6) is -12.3. The maximum atomic E-state index is 13.3. The van der Waals surface area contributed by atoms with Gasteiger partial charge in [-0.1, -0.05) is 0 Å². The van der Waals surface area contributed by atoms with Gasteiger partial charge in [-0.05, 0) is 6.42 Å². The van der Waals surface area contributed by atoms with Crippen LogP contribution in [0.1, 0.15) is 16.8 Å². The number of nitrogens with two attached hydrogens (primary N) is 1. The minimum atomic E-state index is -2.31. The van der Waals surface area contributed by atoms with E-state index in [1.54, 1.807) is 0 Å². The summed E-state index contributed by atoms with van der Waals surface area (Å²) in [6.45, 7) is 0.806. The van der Waals surface area contributed by atoms with Crippen LogP contribution in [0.5, 0.6) is 0 Å². The van der Waals surface area contributed by atoms with Gasteiger partial charge in [-0.2, -0.15) is 0 Å². The van der Waals surface area contributed by atoms with Crippen molar-refractivity contribution in [3.05, 3.63) is 34.6 Å². The summed E-state index contributed by atoms with van der Waals surface area (Å²) in [5, 5.41) is 2.05. The average Bonchev–Trinajstić information content (AvgIpc) is 2.47. The zero-order valence-corrected chi connectivity index (χ0v) is 10.8. The minimum absolute atomic E-state index is 0.0527. The van der Waals surface area contributed by atoms with E-state index in [9.17, 15) is 26.7 Å². The number of nitrogens with one attached hydrogen (secondary N) is 1. The van der Waals surface area contributed by atoms with Crippen LogP contribution in [0, 0.1) is 29.1 Å². The molecule has 0 fully saturated rings. The molecule has 0 heterocycles. The van der Waals surface area contributed by atoms with Crippen molar-refractivity contribution in [2.24, 2.45) is 5.73 Å². The molecule has 1 rings (SSSR count). The molecule has 0 aliphatic carbocycles. The van der Waals surface area contributed by atoms with Gasteiger partial charge in [0.2, 0.25) is 5.82 Å². The van der Waals surface area contributed by atoms with Crippen molar-refractivity contribution in [1.29, 1.82) is 0 Å². The Balaban J connectivity index is 2.71. The van der Waals surface area contributed by atoms with Crippen LogP contribution in [-0.2, 0) is 4.74 Å². The maximum Gasteiger partial charge on any atom is 0.257 e. The fourth-order valence-electron chi connectivity index (χ4n) is 1.45. The Labute approximate surface area is 117 Å². The van der Waals surface area contributed by atoms with E-state index in [2.05, 4.69) is 0 Å². The van der Waals surface area contributed by atoms with Crippen LogP contribution < -0.4 is 11.1 Å². The molecule has 0 aliphatic heterocycles. The molecule has 3 N–H and O–H groups in total. The molecule has 0 saturated carbocycles. The highest BCUT2D eigenvalue weighted by molar-refractivity contribution is 5.94. The summed E-state index contributed by atoms with van der Waals surface area (Å²) >= 11 is 0. The molecular formula is C12H13F5N2O2. The lowest BCUT2D eigenvalue weighted by Crippen LogP contribution is -2.28. The van der Waals surface area contributed by atoms with Gasteiger partial charge in [0.1, 0.15) is 5.56 Å². The Hall–Kier alpha value is -1.74. The van der Waals surface area contributed by atoms with E-state index in [0.29, 0.717) is 19.6 Å². The molecule has 118 valence electrons. The number of hydrogen-bond donors (Lipinski definition) is 2. The quantitative estimate of drug-likeness (QED) is 0.347. The van der Waals surface area contributed by atoms with Crippen LogP contribution in [0.3, 0.4) is 0 Å². The van der Waals surface area contributed by atoms with Crippen LogP contribution in [0.25, 0.3) is 0 Å². The van der Waals surface area contributed by atoms with Crippen LogP contribution in [0.2, 0.25) is 0 Å². The highest BCUT2D eigenvalue weighted by Gasteiger charge is 2.29. The smallest absolute Gasteiger partial charge is 0.257 e. The zero-order valence-electron chi connectivity index (χ0n) is 10.8. The van der Waals surface area contributed by atoms with Crippen LogP contribution >= 0.6 is 0 Å². The summed E-state index contributed by atoms with van der Waals surface area (Å²) in [7, 11) is 0. The number of carbonyl (C=O) groups excluding carboxylic acids is 1. The lowest BCUT2D eigenvalue weighted by atomic mass is 10.1. The van der Waals surface area contributed by atoms with Crippen molar-refractivity contribution < 1.29 is 31.5 Å². The first-order valence-corrected chi connectivity index (χ1v) is 5.99. The number of benzene rings is 1. The summed E-state index contributed by atoms with van der Waals surface area (Å²) < 4.78 is 70.2. The Morgan fingerprint density at radius 2 is 1.48 bits per heavy atom. The molecule has 0 bridgehead atoms. The van der Waals surface area contributed by atoms with E-state index in [1.165, 1.54) is 0 Å². The van der Waals surface area contributed by atoms with E-state index < -0.39 is 40.6 Å². The lowest BCUT2D eigenvalue weighted by molar-refractivity contribution is 0.0931. The van der Waals surface area contributed by atoms with Gasteiger partial charge in [-0.25, -0.2) is 22.0 Å². The second kappa shape index (κ2) is 7.89. The number of hydrogen-bond acceptors (Lipinski definition) is 3. The number of amides is 1. The van der Waals surface area contributed by atoms with Gasteiger partial charge >= 0.3 is 0 Å². The first kappa shape index (κ1) is 17.3. The van der Waals surface area contributed by atoms with Crippen molar-refractivity contribution >= 4 is 5.91 Å². The summed E-state index contributed by atoms with van der Waals surface area (Å²) in [6, 6.07) is 0. The second-order valence-corrected chi connectivity index (χ2v) is 3.96. The van der Waals surface area contributed by atoms with Crippen molar-refractivity contribution in [2.75, 3.05) is 26.3 Å². The number of rotatable bonds is 7. The topological polar surface area (TPSA) is 64.3 Å². The maximum absolute atomic E-state index is 13.3. The van der Waals surface area contributed by atoms with Gasteiger partial charge in [-0.15, -0.1) is 0 Å².